The average molecular weight is 261 g/mol. The van der Waals surface area contributed by atoms with Crippen LogP contribution in [0.1, 0.15) is 39.0 Å². The summed E-state index contributed by atoms with van der Waals surface area (Å²) in [6, 6.07) is 0. The predicted octanol–water partition coefficient (Wildman–Crippen LogP) is 1.01. The van der Waals surface area contributed by atoms with Crippen LogP contribution < -0.4 is 0 Å². The molecule has 0 saturated heterocycles. The van der Waals surface area contributed by atoms with E-state index in [1.807, 2.05) is 6.92 Å². The Kier molecular flexibility index (Phi) is 12.3. The molecule has 0 aliphatic rings. The molecule has 0 aliphatic carbocycles. The zero-order valence-corrected chi connectivity index (χ0v) is 12.8. The summed E-state index contributed by atoms with van der Waals surface area (Å²) < 4.78 is 33.9. The van der Waals surface area contributed by atoms with Gasteiger partial charge in [-0.1, -0.05) is 13.3 Å². The number of hydrogen-bond acceptors (Lipinski definition) is 4. The molecule has 0 amide bonds. The minimum absolute atomic E-state index is 0. The zero-order chi connectivity index (χ0) is 11.7. The molecule has 0 spiro atoms. The van der Waals surface area contributed by atoms with Gasteiger partial charge in [-0.05, 0) is 19.3 Å². The molecule has 5 nitrogen and oxygen atoms in total. The molecule has 0 heterocycles. The number of carbonyl (C=O) groups is 1. The summed E-state index contributed by atoms with van der Waals surface area (Å²) in [5.41, 5.74) is 0. The molecular formula is C9H18NaO5S. The van der Waals surface area contributed by atoms with Crippen LogP contribution in [0.2, 0.25) is 0 Å². The van der Waals surface area contributed by atoms with Crippen LogP contribution in [0.25, 0.3) is 0 Å². The summed E-state index contributed by atoms with van der Waals surface area (Å²) in [5, 5.41) is 0. The van der Waals surface area contributed by atoms with Crippen LogP contribution in [0.4, 0.5) is 0 Å². The molecule has 0 aliphatic heterocycles. The van der Waals surface area contributed by atoms with Crippen molar-refractivity contribution in [2.75, 3.05) is 12.4 Å². The molecular weight excluding hydrogens is 243 g/mol. The Morgan fingerprint density at radius 3 is 2.38 bits per heavy atom. The summed E-state index contributed by atoms with van der Waals surface area (Å²) >= 11 is 0. The quantitative estimate of drug-likeness (QED) is 0.305. The molecule has 0 aromatic rings. The molecule has 0 bridgehead atoms. The maximum absolute atomic E-state index is 11.0. The second-order valence-electron chi connectivity index (χ2n) is 3.32. The molecule has 0 unspecified atom stereocenters. The van der Waals surface area contributed by atoms with Crippen LogP contribution in [-0.4, -0.2) is 60.9 Å². The summed E-state index contributed by atoms with van der Waals surface area (Å²) in [4.78, 5) is 11.0. The van der Waals surface area contributed by atoms with E-state index in [4.69, 9.17) is 9.29 Å². The third-order valence-electron chi connectivity index (χ3n) is 1.79. The van der Waals surface area contributed by atoms with E-state index in [1.54, 1.807) is 0 Å². The molecule has 1 N–H and O–H groups in total. The van der Waals surface area contributed by atoms with E-state index in [0.29, 0.717) is 19.3 Å². The second-order valence-corrected chi connectivity index (χ2v) is 4.89. The van der Waals surface area contributed by atoms with Gasteiger partial charge in [0.05, 0.1) is 12.4 Å². The first-order chi connectivity index (χ1) is 6.95. The van der Waals surface area contributed by atoms with Crippen LogP contribution in [-0.2, 0) is 19.6 Å². The molecule has 7 heteroatoms. The van der Waals surface area contributed by atoms with Crippen molar-refractivity contribution in [3.05, 3.63) is 0 Å². The van der Waals surface area contributed by atoms with Gasteiger partial charge in [-0.25, -0.2) is 0 Å². The van der Waals surface area contributed by atoms with Crippen molar-refractivity contribution in [2.24, 2.45) is 0 Å². The number of rotatable bonds is 8. The fourth-order valence-electron chi connectivity index (χ4n) is 0.966. The minimum Gasteiger partial charge on any atom is -0.466 e. The second kappa shape index (κ2) is 10.5. The molecule has 0 rings (SSSR count). The summed E-state index contributed by atoms with van der Waals surface area (Å²) in [7, 11) is -3.88. The Morgan fingerprint density at radius 1 is 1.25 bits per heavy atom. The van der Waals surface area contributed by atoms with Crippen LogP contribution in [0.15, 0.2) is 0 Å². The van der Waals surface area contributed by atoms with Crippen LogP contribution in [0, 0.1) is 0 Å². The first-order valence-electron chi connectivity index (χ1n) is 5.06. The fourth-order valence-corrected chi connectivity index (χ4v) is 1.53. The monoisotopic (exact) mass is 261 g/mol. The van der Waals surface area contributed by atoms with Crippen molar-refractivity contribution in [3.8, 4) is 0 Å². The summed E-state index contributed by atoms with van der Waals surface area (Å²) in [6.07, 6.45) is 2.92. The molecule has 0 fully saturated rings. The maximum atomic E-state index is 11.0. The van der Waals surface area contributed by atoms with Gasteiger partial charge in [-0.15, -0.1) is 0 Å². The van der Waals surface area contributed by atoms with Gasteiger partial charge in [0.25, 0.3) is 10.1 Å². The van der Waals surface area contributed by atoms with Gasteiger partial charge < -0.3 is 4.74 Å². The van der Waals surface area contributed by atoms with Crippen LogP contribution in [0.5, 0.6) is 0 Å². The topological polar surface area (TPSA) is 80.7 Å². The van der Waals surface area contributed by atoms with E-state index in [1.165, 1.54) is 0 Å². The number of hydrogen-bond donors (Lipinski definition) is 1. The SMILES string of the molecule is CCCCC(=O)OCCCCS(=O)(=O)O.[Na]. The Hall–Kier alpha value is 0.380. The largest absolute Gasteiger partial charge is 0.466 e. The molecule has 91 valence electrons. The van der Waals surface area contributed by atoms with Gasteiger partial charge in [0.2, 0.25) is 0 Å². The van der Waals surface area contributed by atoms with Crippen molar-refractivity contribution in [1.82, 2.24) is 0 Å². The molecule has 16 heavy (non-hydrogen) atoms. The van der Waals surface area contributed by atoms with E-state index in [9.17, 15) is 13.2 Å². The smallest absolute Gasteiger partial charge is 0.305 e. The fraction of sp³-hybridized carbons (Fsp3) is 0.889. The van der Waals surface area contributed by atoms with E-state index in [0.717, 1.165) is 12.8 Å². The number of carbonyl (C=O) groups excluding carboxylic acids is 1. The average Bonchev–Trinajstić information content (AvgIpc) is 2.12. The standard InChI is InChI=1S/C9H18O5S.Na/c1-2-3-6-9(10)14-7-4-5-8-15(11,12)13;/h2-8H2,1H3,(H,11,12,13);. The van der Waals surface area contributed by atoms with E-state index in [2.05, 4.69) is 0 Å². The summed E-state index contributed by atoms with van der Waals surface area (Å²) in [5.74, 6) is -0.525. The van der Waals surface area contributed by atoms with E-state index >= 15 is 0 Å². The van der Waals surface area contributed by atoms with Crippen molar-refractivity contribution in [3.63, 3.8) is 0 Å². The van der Waals surface area contributed by atoms with Gasteiger partial charge in [0, 0.05) is 36.0 Å². The third kappa shape index (κ3) is 14.4. The zero-order valence-electron chi connectivity index (χ0n) is 9.94. The number of unbranched alkanes of at least 4 members (excludes halogenated alkanes) is 2. The Morgan fingerprint density at radius 2 is 1.88 bits per heavy atom. The molecule has 0 atom stereocenters. The Balaban J connectivity index is 0. The first-order valence-corrected chi connectivity index (χ1v) is 6.67. The molecule has 1 radical (unpaired) electrons. The van der Waals surface area contributed by atoms with Gasteiger partial charge in [-0.2, -0.15) is 8.42 Å². The summed E-state index contributed by atoms with van der Waals surface area (Å²) in [6.45, 7) is 2.21. The third-order valence-corrected chi connectivity index (χ3v) is 2.60. The van der Waals surface area contributed by atoms with Crippen molar-refractivity contribution < 1.29 is 22.5 Å². The predicted molar refractivity (Wildman–Crippen MR) is 61.9 cm³/mol. The van der Waals surface area contributed by atoms with Gasteiger partial charge in [0.15, 0.2) is 0 Å². The molecule has 0 aromatic carbocycles. The van der Waals surface area contributed by atoms with Gasteiger partial charge in [0.1, 0.15) is 0 Å². The molecule has 0 aromatic heterocycles. The normalized spacial score (nSPS) is 10.6. The van der Waals surface area contributed by atoms with E-state index in [-0.39, 0.29) is 47.9 Å². The Bertz CT molecular complexity index is 276. The molecule has 0 saturated carbocycles. The van der Waals surface area contributed by atoms with Crippen molar-refractivity contribution >= 4 is 45.6 Å². The Labute approximate surface area is 119 Å². The van der Waals surface area contributed by atoms with E-state index < -0.39 is 10.1 Å². The van der Waals surface area contributed by atoms with Crippen molar-refractivity contribution in [2.45, 2.75) is 39.0 Å². The number of esters is 1. The van der Waals surface area contributed by atoms with Crippen LogP contribution in [0.3, 0.4) is 0 Å². The van der Waals surface area contributed by atoms with Crippen LogP contribution >= 0.6 is 0 Å². The van der Waals surface area contributed by atoms with Gasteiger partial charge in [-0.3, -0.25) is 9.35 Å². The maximum Gasteiger partial charge on any atom is 0.305 e. The van der Waals surface area contributed by atoms with Crippen molar-refractivity contribution in [1.29, 1.82) is 0 Å². The first kappa shape index (κ1) is 18.7. The number of ether oxygens (including phenoxy) is 1. The van der Waals surface area contributed by atoms with Gasteiger partial charge >= 0.3 is 5.97 Å². The minimum atomic E-state index is -3.88.